The first kappa shape index (κ1) is 21.2. The molecule has 1 aromatic carbocycles. The van der Waals surface area contributed by atoms with E-state index in [1.165, 1.54) is 6.33 Å². The maximum Gasteiger partial charge on any atom is 0.251 e. The van der Waals surface area contributed by atoms with E-state index in [4.69, 9.17) is 0 Å². The van der Waals surface area contributed by atoms with Gasteiger partial charge in [-0.15, -0.1) is 5.11 Å². The predicted octanol–water partition coefficient (Wildman–Crippen LogP) is 2.79. The van der Waals surface area contributed by atoms with Crippen molar-refractivity contribution in [1.82, 2.24) is 34.9 Å². The second-order valence-electron chi connectivity index (χ2n) is 7.33. The maximum absolute atomic E-state index is 12.2. The summed E-state index contributed by atoms with van der Waals surface area (Å²) >= 11 is 0. The zero-order valence-corrected chi connectivity index (χ0v) is 17.9. The molecule has 0 fully saturated rings. The number of likely N-dealkylation sites (N-methyl/N-ethyl adjacent to an activating group) is 1. The number of benzene rings is 1. The molecule has 4 aromatic rings. The molecule has 10 heteroatoms. The number of azo groups is 1. The van der Waals surface area contributed by atoms with Gasteiger partial charge in [-0.25, -0.2) is 15.0 Å². The monoisotopic (exact) mass is 429 g/mol. The number of pyridine rings is 1. The van der Waals surface area contributed by atoms with E-state index < -0.39 is 0 Å². The minimum Gasteiger partial charge on any atom is -0.351 e. The normalized spacial score (nSPS) is 11.5. The number of fused-ring (bicyclic) bond motifs is 1. The quantitative estimate of drug-likeness (QED) is 0.431. The van der Waals surface area contributed by atoms with E-state index in [0.717, 1.165) is 12.1 Å². The van der Waals surface area contributed by atoms with Crippen LogP contribution >= 0.6 is 0 Å². The molecule has 1 N–H and O–H groups in total. The van der Waals surface area contributed by atoms with E-state index in [2.05, 4.69) is 35.6 Å². The number of carbonyl (C=O) groups is 1. The van der Waals surface area contributed by atoms with Gasteiger partial charge in [-0.05, 0) is 43.9 Å². The Morgan fingerprint density at radius 3 is 2.69 bits per heavy atom. The molecule has 0 bridgehead atoms. The lowest BCUT2D eigenvalue weighted by Gasteiger charge is -2.10. The van der Waals surface area contributed by atoms with Gasteiger partial charge in [0.15, 0.2) is 17.3 Å². The summed E-state index contributed by atoms with van der Waals surface area (Å²) in [6.45, 7) is 1.76. The Bertz CT molecular complexity index is 1220. The lowest BCUT2D eigenvalue weighted by atomic mass is 10.1. The molecule has 10 nitrogen and oxygen atoms in total. The molecule has 0 aliphatic heterocycles. The third-order valence-corrected chi connectivity index (χ3v) is 4.69. The van der Waals surface area contributed by atoms with Gasteiger partial charge in [0.05, 0.1) is 18.1 Å². The van der Waals surface area contributed by atoms with Gasteiger partial charge >= 0.3 is 0 Å². The zero-order chi connectivity index (χ0) is 22.3. The Kier molecular flexibility index (Phi) is 6.52. The van der Waals surface area contributed by atoms with Crippen molar-refractivity contribution >= 4 is 22.8 Å². The fourth-order valence-electron chi connectivity index (χ4n) is 3.00. The summed E-state index contributed by atoms with van der Waals surface area (Å²) < 4.78 is 1.64. The second kappa shape index (κ2) is 9.84. The van der Waals surface area contributed by atoms with Gasteiger partial charge in [0.25, 0.3) is 5.91 Å². The van der Waals surface area contributed by atoms with Crippen LogP contribution < -0.4 is 5.32 Å². The summed E-state index contributed by atoms with van der Waals surface area (Å²) in [7, 11) is 3.93. The molecule has 32 heavy (non-hydrogen) atoms. The fourth-order valence-corrected chi connectivity index (χ4v) is 3.00. The molecule has 162 valence electrons. The van der Waals surface area contributed by atoms with Crippen LogP contribution in [0.15, 0.2) is 71.4 Å². The standard InChI is InChI=1S/C22H23N9O/c1-30(2)12-11-24-22(32)17-8-6-16(7-9-17)13-27-29-20-18-14-28-31(21(18)26-15-25-20)19-5-3-4-10-23-19/h3-10,14-15H,11-13H2,1-2H3,(H,24,32). The number of carbonyl (C=O) groups excluding carboxylic acids is 1. The maximum atomic E-state index is 12.2. The number of hydrogen-bond acceptors (Lipinski definition) is 8. The van der Waals surface area contributed by atoms with Gasteiger partial charge in [-0.1, -0.05) is 18.2 Å². The molecule has 0 atom stereocenters. The molecule has 0 spiro atoms. The van der Waals surface area contributed by atoms with Gasteiger partial charge in [-0.3, -0.25) is 4.79 Å². The number of nitrogens with one attached hydrogen (secondary N) is 1. The third-order valence-electron chi connectivity index (χ3n) is 4.69. The zero-order valence-electron chi connectivity index (χ0n) is 17.9. The van der Waals surface area contributed by atoms with Crippen LogP contribution in [0.3, 0.4) is 0 Å². The molecule has 0 radical (unpaired) electrons. The SMILES string of the molecule is CN(C)CCNC(=O)c1ccc(CN=Nc2ncnc3c2cnn3-c2ccccn2)cc1. The Morgan fingerprint density at radius 2 is 1.94 bits per heavy atom. The van der Waals surface area contributed by atoms with Crippen molar-refractivity contribution in [2.75, 3.05) is 27.2 Å². The first-order valence-electron chi connectivity index (χ1n) is 10.1. The highest BCUT2D eigenvalue weighted by Crippen LogP contribution is 2.23. The second-order valence-corrected chi connectivity index (χ2v) is 7.33. The summed E-state index contributed by atoms with van der Waals surface area (Å²) in [6.07, 6.45) is 4.78. The van der Waals surface area contributed by atoms with Crippen LogP contribution in [0.5, 0.6) is 0 Å². The Hall–Kier alpha value is -4.05. The summed E-state index contributed by atoms with van der Waals surface area (Å²) in [6, 6.07) is 12.9. The number of aromatic nitrogens is 5. The Labute approximate surface area is 185 Å². The molecular formula is C22H23N9O. The average Bonchev–Trinajstić information content (AvgIpc) is 3.25. The first-order valence-corrected chi connectivity index (χ1v) is 10.1. The van der Waals surface area contributed by atoms with Crippen LogP contribution in [0.1, 0.15) is 15.9 Å². The minimum absolute atomic E-state index is 0.0895. The van der Waals surface area contributed by atoms with Gasteiger partial charge in [-0.2, -0.15) is 14.9 Å². The highest BCUT2D eigenvalue weighted by Gasteiger charge is 2.11. The average molecular weight is 429 g/mol. The van der Waals surface area contributed by atoms with Crippen molar-refractivity contribution in [1.29, 1.82) is 0 Å². The molecule has 0 aliphatic rings. The van der Waals surface area contributed by atoms with E-state index >= 15 is 0 Å². The molecule has 0 aliphatic carbocycles. The van der Waals surface area contributed by atoms with E-state index in [0.29, 0.717) is 41.3 Å². The van der Waals surface area contributed by atoms with Crippen LogP contribution in [0.2, 0.25) is 0 Å². The minimum atomic E-state index is -0.0895. The lowest BCUT2D eigenvalue weighted by Crippen LogP contribution is -2.31. The summed E-state index contributed by atoms with van der Waals surface area (Å²) in [4.78, 5) is 27.0. The van der Waals surface area contributed by atoms with Crippen LogP contribution in [0.25, 0.3) is 16.9 Å². The number of rotatable bonds is 8. The predicted molar refractivity (Wildman–Crippen MR) is 120 cm³/mol. The molecule has 3 aromatic heterocycles. The van der Waals surface area contributed by atoms with Crippen LogP contribution in [0, 0.1) is 0 Å². The molecular weight excluding hydrogens is 406 g/mol. The van der Waals surface area contributed by atoms with Crippen LogP contribution in [-0.2, 0) is 6.54 Å². The highest BCUT2D eigenvalue weighted by atomic mass is 16.1. The first-order chi connectivity index (χ1) is 15.6. The molecule has 4 rings (SSSR count). The van der Waals surface area contributed by atoms with Gasteiger partial charge in [0.1, 0.15) is 6.33 Å². The van der Waals surface area contributed by atoms with Gasteiger partial charge < -0.3 is 10.2 Å². The number of nitrogens with zero attached hydrogens (tertiary/aromatic N) is 8. The van der Waals surface area contributed by atoms with Crippen LogP contribution in [0.4, 0.5) is 5.82 Å². The smallest absolute Gasteiger partial charge is 0.251 e. The molecule has 0 unspecified atom stereocenters. The summed E-state index contributed by atoms with van der Waals surface area (Å²) in [5, 5.41) is 16.5. The van der Waals surface area contributed by atoms with Crippen molar-refractivity contribution in [3.8, 4) is 5.82 Å². The van der Waals surface area contributed by atoms with Gasteiger partial charge in [0.2, 0.25) is 0 Å². The fraction of sp³-hybridized carbons (Fsp3) is 0.227. The molecule has 0 saturated carbocycles. The van der Waals surface area contributed by atoms with E-state index in [1.807, 2.05) is 49.3 Å². The molecule has 1 amide bonds. The van der Waals surface area contributed by atoms with E-state index in [1.54, 1.807) is 29.2 Å². The molecule has 0 saturated heterocycles. The topological polar surface area (TPSA) is 114 Å². The summed E-state index contributed by atoms with van der Waals surface area (Å²) in [5.74, 6) is 1.01. The van der Waals surface area contributed by atoms with E-state index in [-0.39, 0.29) is 5.91 Å². The Morgan fingerprint density at radius 1 is 1.09 bits per heavy atom. The van der Waals surface area contributed by atoms with Crippen molar-refractivity contribution in [3.05, 3.63) is 72.3 Å². The Balaban J connectivity index is 1.42. The van der Waals surface area contributed by atoms with Crippen molar-refractivity contribution < 1.29 is 4.79 Å². The van der Waals surface area contributed by atoms with Gasteiger partial charge in [0, 0.05) is 24.8 Å². The van der Waals surface area contributed by atoms with Crippen molar-refractivity contribution in [2.45, 2.75) is 6.54 Å². The number of hydrogen-bond donors (Lipinski definition) is 1. The largest absolute Gasteiger partial charge is 0.351 e. The molecule has 3 heterocycles. The third kappa shape index (κ3) is 4.98. The van der Waals surface area contributed by atoms with Crippen molar-refractivity contribution in [2.24, 2.45) is 10.2 Å². The van der Waals surface area contributed by atoms with Crippen molar-refractivity contribution in [3.63, 3.8) is 0 Å². The lowest BCUT2D eigenvalue weighted by molar-refractivity contribution is 0.0951. The highest BCUT2D eigenvalue weighted by molar-refractivity contribution is 5.94. The van der Waals surface area contributed by atoms with E-state index in [9.17, 15) is 4.79 Å². The number of amides is 1. The van der Waals surface area contributed by atoms with Crippen LogP contribution in [-0.4, -0.2) is 62.7 Å². The summed E-state index contributed by atoms with van der Waals surface area (Å²) in [5.41, 5.74) is 2.16.